The van der Waals surface area contributed by atoms with Crippen LogP contribution in [0.3, 0.4) is 0 Å². The molecule has 0 spiro atoms. The van der Waals surface area contributed by atoms with Gasteiger partial charge >= 0.3 is 0 Å². The molecule has 0 N–H and O–H groups in total. The van der Waals surface area contributed by atoms with Gasteiger partial charge in [-0.15, -0.1) is 11.6 Å². The molecule has 2 heteroatoms. The molecule has 0 aromatic heterocycles. The third kappa shape index (κ3) is 5.41. The molecule has 1 rings (SSSR count). The van der Waals surface area contributed by atoms with E-state index in [0.717, 1.165) is 31.1 Å². The Morgan fingerprint density at radius 3 is 2.44 bits per heavy atom. The number of aryl methyl sites for hydroxylation is 1. The second kappa shape index (κ2) is 8.46. The first-order valence-corrected chi connectivity index (χ1v) is 6.68. The van der Waals surface area contributed by atoms with E-state index >= 15 is 0 Å². The lowest BCUT2D eigenvalue weighted by Crippen LogP contribution is -1.97. The number of rotatable bonds is 8. The Bertz CT molecular complexity index is 269. The number of halogens is 1. The minimum Gasteiger partial charge on any atom is -0.494 e. The molecular weight excluding hydrogens is 220 g/mol. The predicted octanol–water partition coefficient (Wildman–Crippen LogP) is 4.43. The van der Waals surface area contributed by atoms with Gasteiger partial charge in [-0.05, 0) is 43.4 Å². The van der Waals surface area contributed by atoms with Crippen molar-refractivity contribution in [1.29, 1.82) is 0 Å². The highest BCUT2D eigenvalue weighted by atomic mass is 35.5. The molecule has 0 amide bonds. The monoisotopic (exact) mass is 240 g/mol. The summed E-state index contributed by atoms with van der Waals surface area (Å²) in [5.74, 6) is 1.69. The van der Waals surface area contributed by atoms with Gasteiger partial charge in [-0.25, -0.2) is 0 Å². The van der Waals surface area contributed by atoms with Crippen LogP contribution in [0.4, 0.5) is 0 Å². The van der Waals surface area contributed by atoms with Crippen molar-refractivity contribution in [1.82, 2.24) is 0 Å². The molecule has 0 radical (unpaired) electrons. The maximum atomic E-state index is 5.61. The van der Waals surface area contributed by atoms with E-state index in [1.165, 1.54) is 24.8 Å². The second-order valence-corrected chi connectivity index (χ2v) is 4.37. The average molecular weight is 241 g/mol. The maximum Gasteiger partial charge on any atom is 0.119 e. The highest BCUT2D eigenvalue weighted by Gasteiger charge is 1.95. The van der Waals surface area contributed by atoms with E-state index in [1.54, 1.807) is 0 Å². The molecule has 0 heterocycles. The molecule has 0 aliphatic rings. The van der Waals surface area contributed by atoms with Crippen molar-refractivity contribution in [3.63, 3.8) is 0 Å². The molecule has 0 aliphatic carbocycles. The first-order valence-electron chi connectivity index (χ1n) is 6.14. The Hall–Kier alpha value is -0.690. The highest BCUT2D eigenvalue weighted by Crippen LogP contribution is 2.14. The summed E-state index contributed by atoms with van der Waals surface area (Å²) in [5, 5.41) is 0. The second-order valence-electron chi connectivity index (χ2n) is 3.99. The van der Waals surface area contributed by atoms with Gasteiger partial charge in [0.25, 0.3) is 0 Å². The topological polar surface area (TPSA) is 9.23 Å². The van der Waals surface area contributed by atoms with E-state index in [-0.39, 0.29) is 0 Å². The lowest BCUT2D eigenvalue weighted by atomic mass is 10.1. The maximum absolute atomic E-state index is 5.61. The van der Waals surface area contributed by atoms with Crippen LogP contribution in [0.2, 0.25) is 0 Å². The fraction of sp³-hybridized carbons (Fsp3) is 0.571. The molecule has 0 saturated carbocycles. The standard InChI is InChI=1S/C14H21ClO/c1-2-3-6-13-7-9-14(10-8-13)16-12-5-4-11-15/h7-10H,2-6,11-12H2,1H3. The van der Waals surface area contributed by atoms with E-state index in [0.29, 0.717) is 0 Å². The summed E-state index contributed by atoms with van der Waals surface area (Å²) in [7, 11) is 0. The largest absolute Gasteiger partial charge is 0.494 e. The number of benzene rings is 1. The van der Waals surface area contributed by atoms with Crippen molar-refractivity contribution in [3.8, 4) is 5.75 Å². The van der Waals surface area contributed by atoms with Crippen LogP contribution in [0.5, 0.6) is 5.75 Å². The van der Waals surface area contributed by atoms with E-state index < -0.39 is 0 Å². The molecule has 1 aromatic rings. The minimum absolute atomic E-state index is 0.722. The average Bonchev–Trinajstić information content (AvgIpc) is 2.33. The van der Waals surface area contributed by atoms with E-state index in [4.69, 9.17) is 16.3 Å². The molecule has 1 aromatic carbocycles. The number of ether oxygens (including phenoxy) is 1. The zero-order valence-corrected chi connectivity index (χ0v) is 10.8. The number of hydrogen-bond donors (Lipinski definition) is 0. The van der Waals surface area contributed by atoms with Crippen LogP contribution in [0.15, 0.2) is 24.3 Å². The number of hydrogen-bond acceptors (Lipinski definition) is 1. The Morgan fingerprint density at radius 2 is 1.81 bits per heavy atom. The summed E-state index contributed by atoms with van der Waals surface area (Å²) in [6.45, 7) is 2.98. The third-order valence-electron chi connectivity index (χ3n) is 2.54. The van der Waals surface area contributed by atoms with Crippen LogP contribution in [-0.4, -0.2) is 12.5 Å². The Morgan fingerprint density at radius 1 is 1.06 bits per heavy atom. The molecule has 0 fully saturated rings. The van der Waals surface area contributed by atoms with Gasteiger partial charge in [0.1, 0.15) is 5.75 Å². The van der Waals surface area contributed by atoms with E-state index in [9.17, 15) is 0 Å². The smallest absolute Gasteiger partial charge is 0.119 e. The molecule has 0 saturated heterocycles. The van der Waals surface area contributed by atoms with Crippen LogP contribution < -0.4 is 4.74 Å². The van der Waals surface area contributed by atoms with Crippen LogP contribution in [-0.2, 0) is 6.42 Å². The van der Waals surface area contributed by atoms with Crippen LogP contribution in [0, 0.1) is 0 Å². The summed E-state index contributed by atoms with van der Waals surface area (Å²) in [6.07, 6.45) is 5.73. The zero-order chi connectivity index (χ0) is 11.6. The van der Waals surface area contributed by atoms with Gasteiger partial charge in [0.2, 0.25) is 0 Å². The van der Waals surface area contributed by atoms with Gasteiger partial charge in [0.05, 0.1) is 6.61 Å². The van der Waals surface area contributed by atoms with E-state index in [1.807, 2.05) is 0 Å². The molecule has 90 valence electrons. The van der Waals surface area contributed by atoms with Gasteiger partial charge in [-0.3, -0.25) is 0 Å². The quantitative estimate of drug-likeness (QED) is 0.483. The summed E-state index contributed by atoms with van der Waals surface area (Å²) in [4.78, 5) is 0. The predicted molar refractivity (Wildman–Crippen MR) is 70.5 cm³/mol. The first kappa shape index (κ1) is 13.4. The van der Waals surface area contributed by atoms with Crippen LogP contribution in [0.25, 0.3) is 0 Å². The normalized spacial score (nSPS) is 10.4. The lowest BCUT2D eigenvalue weighted by Gasteiger charge is -2.06. The summed E-state index contributed by atoms with van der Waals surface area (Å²) in [6, 6.07) is 8.44. The van der Waals surface area contributed by atoms with Crippen molar-refractivity contribution in [2.75, 3.05) is 12.5 Å². The van der Waals surface area contributed by atoms with Crippen LogP contribution in [0.1, 0.15) is 38.2 Å². The van der Waals surface area contributed by atoms with Crippen molar-refractivity contribution in [3.05, 3.63) is 29.8 Å². The molecule has 1 nitrogen and oxygen atoms in total. The lowest BCUT2D eigenvalue weighted by molar-refractivity contribution is 0.309. The van der Waals surface area contributed by atoms with E-state index in [2.05, 4.69) is 31.2 Å². The van der Waals surface area contributed by atoms with Gasteiger partial charge in [-0.1, -0.05) is 25.5 Å². The summed E-state index contributed by atoms with van der Waals surface area (Å²) in [5.41, 5.74) is 1.40. The molecule has 16 heavy (non-hydrogen) atoms. The Labute approximate surface area is 104 Å². The van der Waals surface area contributed by atoms with Gasteiger partial charge in [0.15, 0.2) is 0 Å². The van der Waals surface area contributed by atoms with Gasteiger partial charge in [0, 0.05) is 5.88 Å². The SMILES string of the molecule is CCCCc1ccc(OCCCCCl)cc1. The van der Waals surface area contributed by atoms with Crippen molar-refractivity contribution in [2.24, 2.45) is 0 Å². The highest BCUT2D eigenvalue weighted by molar-refractivity contribution is 6.17. The molecular formula is C14H21ClO. The first-order chi connectivity index (χ1) is 7.86. The Kier molecular flexibility index (Phi) is 7.07. The fourth-order valence-electron chi connectivity index (χ4n) is 1.52. The van der Waals surface area contributed by atoms with Crippen molar-refractivity contribution < 1.29 is 4.74 Å². The van der Waals surface area contributed by atoms with Gasteiger partial charge < -0.3 is 4.74 Å². The molecule has 0 atom stereocenters. The zero-order valence-electron chi connectivity index (χ0n) is 10.0. The molecule has 0 aliphatic heterocycles. The molecule has 0 bridgehead atoms. The fourth-order valence-corrected chi connectivity index (χ4v) is 1.71. The van der Waals surface area contributed by atoms with Crippen molar-refractivity contribution in [2.45, 2.75) is 39.0 Å². The molecule has 0 unspecified atom stereocenters. The van der Waals surface area contributed by atoms with Crippen LogP contribution >= 0.6 is 11.6 Å². The van der Waals surface area contributed by atoms with Gasteiger partial charge in [-0.2, -0.15) is 0 Å². The summed E-state index contributed by atoms with van der Waals surface area (Å²) >= 11 is 5.60. The number of unbranched alkanes of at least 4 members (excludes halogenated alkanes) is 2. The minimum atomic E-state index is 0.722. The summed E-state index contributed by atoms with van der Waals surface area (Å²) < 4.78 is 5.61. The third-order valence-corrected chi connectivity index (χ3v) is 2.81. The van der Waals surface area contributed by atoms with Crippen molar-refractivity contribution >= 4 is 11.6 Å². The Balaban J connectivity index is 2.27. The number of alkyl halides is 1.